The number of rotatable bonds is 3. The number of alkyl halides is 3. The monoisotopic (exact) mass is 291 g/mol. The summed E-state index contributed by atoms with van der Waals surface area (Å²) < 4.78 is 42.8. The van der Waals surface area contributed by atoms with E-state index in [1.807, 2.05) is 24.3 Å². The van der Waals surface area contributed by atoms with E-state index in [1.165, 1.54) is 12.1 Å². The smallest absolute Gasteiger partial charge is 0.416 e. The van der Waals surface area contributed by atoms with Crippen molar-refractivity contribution in [2.24, 2.45) is 0 Å². The van der Waals surface area contributed by atoms with Crippen molar-refractivity contribution < 1.29 is 17.6 Å². The molecular formula is C16H12F3NO. The summed E-state index contributed by atoms with van der Waals surface area (Å²) in [6.07, 6.45) is -2.65. The maximum Gasteiger partial charge on any atom is 0.416 e. The van der Waals surface area contributed by atoms with Crippen LogP contribution >= 0.6 is 0 Å². The van der Waals surface area contributed by atoms with Gasteiger partial charge in [0, 0.05) is 23.2 Å². The van der Waals surface area contributed by atoms with Crippen LogP contribution in [0.15, 0.2) is 59.2 Å². The Morgan fingerprint density at radius 1 is 0.952 bits per heavy atom. The number of hydrogen-bond donors (Lipinski definition) is 1. The normalized spacial score (nSPS) is 11.8. The standard InChI is InChI=1S/C16H12F3NO/c17-16(18,19)12-5-7-13(8-6-12)20-9-11-10-21-15-4-2-1-3-14(11)15/h1-8,10,20H,9H2. The lowest BCUT2D eigenvalue weighted by Crippen LogP contribution is -2.05. The van der Waals surface area contributed by atoms with Gasteiger partial charge in [-0.05, 0) is 30.3 Å². The summed E-state index contributed by atoms with van der Waals surface area (Å²) in [4.78, 5) is 0. The van der Waals surface area contributed by atoms with Gasteiger partial charge in [-0.25, -0.2) is 0 Å². The second-order valence-electron chi connectivity index (χ2n) is 4.69. The Morgan fingerprint density at radius 2 is 1.67 bits per heavy atom. The zero-order chi connectivity index (χ0) is 14.9. The number of benzene rings is 2. The minimum absolute atomic E-state index is 0.488. The van der Waals surface area contributed by atoms with Crippen LogP contribution in [0.3, 0.4) is 0 Å². The van der Waals surface area contributed by atoms with E-state index >= 15 is 0 Å². The Hall–Kier alpha value is -2.43. The largest absolute Gasteiger partial charge is 0.464 e. The number of halogens is 3. The highest BCUT2D eigenvalue weighted by Gasteiger charge is 2.29. The van der Waals surface area contributed by atoms with Gasteiger partial charge in [0.1, 0.15) is 5.58 Å². The predicted octanol–water partition coefficient (Wildman–Crippen LogP) is 5.06. The SMILES string of the molecule is FC(F)(F)c1ccc(NCc2coc3ccccc23)cc1. The Bertz CT molecular complexity index is 744. The van der Waals surface area contributed by atoms with Crippen LogP contribution in [0, 0.1) is 0 Å². The zero-order valence-corrected chi connectivity index (χ0v) is 10.9. The van der Waals surface area contributed by atoms with E-state index in [0.717, 1.165) is 28.7 Å². The number of nitrogens with one attached hydrogen (secondary N) is 1. The van der Waals surface area contributed by atoms with E-state index in [9.17, 15) is 13.2 Å². The third kappa shape index (κ3) is 2.86. The molecule has 1 aromatic heterocycles. The highest BCUT2D eigenvalue weighted by Crippen LogP contribution is 2.30. The van der Waals surface area contributed by atoms with Gasteiger partial charge in [0.05, 0.1) is 11.8 Å². The maximum absolute atomic E-state index is 12.5. The van der Waals surface area contributed by atoms with Crippen molar-refractivity contribution in [3.63, 3.8) is 0 Å². The predicted molar refractivity (Wildman–Crippen MR) is 75.0 cm³/mol. The number of anilines is 1. The summed E-state index contributed by atoms with van der Waals surface area (Å²) in [7, 11) is 0. The summed E-state index contributed by atoms with van der Waals surface area (Å²) in [5.41, 5.74) is 1.74. The molecule has 0 saturated carbocycles. The molecule has 0 atom stereocenters. The van der Waals surface area contributed by atoms with Crippen LogP contribution in [0.1, 0.15) is 11.1 Å². The molecule has 0 aliphatic heterocycles. The molecule has 0 fully saturated rings. The molecule has 0 unspecified atom stereocenters. The van der Waals surface area contributed by atoms with Crippen LogP contribution in [-0.2, 0) is 12.7 Å². The molecule has 0 amide bonds. The molecule has 0 spiro atoms. The molecule has 0 aliphatic carbocycles. The first-order valence-electron chi connectivity index (χ1n) is 6.40. The van der Waals surface area contributed by atoms with Crippen molar-refractivity contribution in [2.75, 3.05) is 5.32 Å². The Labute approximate surface area is 119 Å². The van der Waals surface area contributed by atoms with Crippen molar-refractivity contribution >= 4 is 16.7 Å². The van der Waals surface area contributed by atoms with Crippen LogP contribution in [0.2, 0.25) is 0 Å². The van der Waals surface area contributed by atoms with Crippen LogP contribution < -0.4 is 5.32 Å². The van der Waals surface area contributed by atoms with Gasteiger partial charge in [-0.1, -0.05) is 18.2 Å². The molecule has 5 heteroatoms. The number of furan rings is 1. The first-order valence-corrected chi connectivity index (χ1v) is 6.40. The summed E-state index contributed by atoms with van der Waals surface area (Å²) in [5.74, 6) is 0. The topological polar surface area (TPSA) is 25.2 Å². The summed E-state index contributed by atoms with van der Waals surface area (Å²) in [6.45, 7) is 0.488. The molecule has 2 nitrogen and oxygen atoms in total. The first kappa shape index (κ1) is 13.5. The third-order valence-corrected chi connectivity index (χ3v) is 3.26. The second kappa shape index (κ2) is 5.16. The average Bonchev–Trinajstić information content (AvgIpc) is 2.88. The maximum atomic E-state index is 12.5. The van der Waals surface area contributed by atoms with E-state index in [0.29, 0.717) is 12.2 Å². The second-order valence-corrected chi connectivity index (χ2v) is 4.69. The highest BCUT2D eigenvalue weighted by molar-refractivity contribution is 5.81. The van der Waals surface area contributed by atoms with E-state index in [-0.39, 0.29) is 0 Å². The lowest BCUT2D eigenvalue weighted by Gasteiger charge is -2.09. The van der Waals surface area contributed by atoms with Gasteiger partial charge in [-0.2, -0.15) is 13.2 Å². The molecule has 0 bridgehead atoms. The minimum atomic E-state index is -4.31. The molecule has 108 valence electrons. The molecule has 2 aromatic carbocycles. The van der Waals surface area contributed by atoms with E-state index in [4.69, 9.17) is 4.42 Å². The van der Waals surface area contributed by atoms with E-state index in [1.54, 1.807) is 6.26 Å². The molecule has 0 radical (unpaired) electrons. The van der Waals surface area contributed by atoms with Crippen LogP contribution in [0.4, 0.5) is 18.9 Å². The fourth-order valence-electron chi connectivity index (χ4n) is 2.14. The molecule has 3 aromatic rings. The Balaban J connectivity index is 1.73. The van der Waals surface area contributed by atoms with Gasteiger partial charge in [0.15, 0.2) is 0 Å². The lowest BCUT2D eigenvalue weighted by atomic mass is 10.1. The molecule has 1 N–H and O–H groups in total. The van der Waals surface area contributed by atoms with Crippen molar-refractivity contribution in [2.45, 2.75) is 12.7 Å². The number of para-hydroxylation sites is 1. The van der Waals surface area contributed by atoms with Gasteiger partial charge < -0.3 is 9.73 Å². The average molecular weight is 291 g/mol. The van der Waals surface area contributed by atoms with Crippen LogP contribution in [-0.4, -0.2) is 0 Å². The van der Waals surface area contributed by atoms with Crippen molar-refractivity contribution in [1.29, 1.82) is 0 Å². The third-order valence-electron chi connectivity index (χ3n) is 3.26. The van der Waals surface area contributed by atoms with Crippen LogP contribution in [0.25, 0.3) is 11.0 Å². The van der Waals surface area contributed by atoms with Gasteiger partial charge in [0.2, 0.25) is 0 Å². The quantitative estimate of drug-likeness (QED) is 0.729. The number of fused-ring (bicyclic) bond motifs is 1. The van der Waals surface area contributed by atoms with E-state index < -0.39 is 11.7 Å². The Morgan fingerprint density at radius 3 is 2.38 bits per heavy atom. The summed E-state index contributed by atoms with van der Waals surface area (Å²) >= 11 is 0. The summed E-state index contributed by atoms with van der Waals surface area (Å²) in [6, 6.07) is 12.6. The minimum Gasteiger partial charge on any atom is -0.464 e. The lowest BCUT2D eigenvalue weighted by molar-refractivity contribution is -0.137. The fourth-order valence-corrected chi connectivity index (χ4v) is 2.14. The molecular weight excluding hydrogens is 279 g/mol. The molecule has 1 heterocycles. The zero-order valence-electron chi connectivity index (χ0n) is 10.9. The van der Waals surface area contributed by atoms with Crippen molar-refractivity contribution in [1.82, 2.24) is 0 Å². The summed E-state index contributed by atoms with van der Waals surface area (Å²) in [5, 5.41) is 4.09. The van der Waals surface area contributed by atoms with Crippen molar-refractivity contribution in [3.8, 4) is 0 Å². The van der Waals surface area contributed by atoms with Crippen LogP contribution in [0.5, 0.6) is 0 Å². The first-order chi connectivity index (χ1) is 10.0. The molecule has 21 heavy (non-hydrogen) atoms. The molecule has 0 aliphatic rings. The fraction of sp³-hybridized carbons (Fsp3) is 0.125. The van der Waals surface area contributed by atoms with Gasteiger partial charge in [0.25, 0.3) is 0 Å². The highest BCUT2D eigenvalue weighted by atomic mass is 19.4. The molecule has 0 saturated heterocycles. The van der Waals surface area contributed by atoms with E-state index in [2.05, 4.69) is 5.32 Å². The molecule has 3 rings (SSSR count). The van der Waals surface area contributed by atoms with Gasteiger partial charge >= 0.3 is 6.18 Å². The van der Waals surface area contributed by atoms with Gasteiger partial charge in [-0.3, -0.25) is 0 Å². The van der Waals surface area contributed by atoms with Gasteiger partial charge in [-0.15, -0.1) is 0 Å². The number of hydrogen-bond acceptors (Lipinski definition) is 2. The Kier molecular flexibility index (Phi) is 3.33. The van der Waals surface area contributed by atoms with Crippen molar-refractivity contribution in [3.05, 3.63) is 65.9 Å².